The molecule has 12 heteroatoms. The molecule has 3 N–H and O–H groups in total. The highest BCUT2D eigenvalue weighted by Crippen LogP contribution is 2.27. The number of carboxylic acid groups (broad SMARTS) is 1. The van der Waals surface area contributed by atoms with Gasteiger partial charge in [-0.1, -0.05) is 62.1 Å². The van der Waals surface area contributed by atoms with Gasteiger partial charge in [0.25, 0.3) is 11.5 Å². The molecule has 5 rings (SSSR count). The van der Waals surface area contributed by atoms with Gasteiger partial charge in [0.15, 0.2) is 0 Å². The highest BCUT2D eigenvalue weighted by molar-refractivity contribution is 6.04. The van der Waals surface area contributed by atoms with Crippen molar-refractivity contribution in [3.63, 3.8) is 0 Å². The van der Waals surface area contributed by atoms with E-state index in [2.05, 4.69) is 39.5 Å². The van der Waals surface area contributed by atoms with Crippen LogP contribution in [0.2, 0.25) is 0 Å². The molecule has 1 aliphatic heterocycles. The summed E-state index contributed by atoms with van der Waals surface area (Å²) in [6, 6.07) is 17.5. The quantitative estimate of drug-likeness (QED) is 0.104. The van der Waals surface area contributed by atoms with Crippen molar-refractivity contribution in [3.05, 3.63) is 101 Å². The van der Waals surface area contributed by atoms with Crippen LogP contribution in [0.25, 0.3) is 10.8 Å². The smallest absolute Gasteiger partial charge is 0.336 e. The number of fused-ring (bicyclic) bond motifs is 1. The third-order valence-corrected chi connectivity index (χ3v) is 8.56. The maximum atomic E-state index is 12.2. The normalized spacial score (nSPS) is 12.1. The Morgan fingerprint density at radius 3 is 2.22 bits per heavy atom. The first-order chi connectivity index (χ1) is 24.9. The molecule has 2 amide bonds. The largest absolute Gasteiger partial charge is 0.478 e. The summed E-state index contributed by atoms with van der Waals surface area (Å²) < 4.78 is 1.26. The SMILES string of the molecule is CO.O=CCn1cc(N(C=O)CCCCCCCCNC(=O)c2ccccc2C(=O)O)ccc1=O.c1ccc2c(N3CCCCC3)cncc2c1. The number of hydrogen-bond donors (Lipinski definition) is 3. The highest BCUT2D eigenvalue weighted by atomic mass is 16.4. The molecule has 0 bridgehead atoms. The number of pyridine rings is 2. The maximum Gasteiger partial charge on any atom is 0.336 e. The number of hydrogen-bond acceptors (Lipinski definition) is 8. The van der Waals surface area contributed by atoms with Gasteiger partial charge in [0, 0.05) is 62.5 Å². The van der Waals surface area contributed by atoms with Gasteiger partial charge in [-0.2, -0.15) is 0 Å². The number of aromatic nitrogens is 2. The zero-order chi connectivity index (χ0) is 36.8. The van der Waals surface area contributed by atoms with Crippen LogP contribution in [0.1, 0.15) is 78.5 Å². The maximum absolute atomic E-state index is 12.2. The van der Waals surface area contributed by atoms with Gasteiger partial charge in [-0.15, -0.1) is 0 Å². The number of nitrogens with zero attached hydrogens (tertiary/aromatic N) is 4. The fourth-order valence-corrected chi connectivity index (χ4v) is 5.92. The van der Waals surface area contributed by atoms with Crippen molar-refractivity contribution in [1.82, 2.24) is 14.9 Å². The highest BCUT2D eigenvalue weighted by Gasteiger charge is 2.15. The molecule has 4 aromatic rings. The van der Waals surface area contributed by atoms with E-state index >= 15 is 0 Å². The summed E-state index contributed by atoms with van der Waals surface area (Å²) in [6.45, 7) is 3.29. The molecule has 12 nitrogen and oxygen atoms in total. The van der Waals surface area contributed by atoms with Crippen LogP contribution >= 0.6 is 0 Å². The van der Waals surface area contributed by atoms with E-state index in [1.807, 2.05) is 12.4 Å². The van der Waals surface area contributed by atoms with Crippen LogP contribution in [-0.4, -0.2) is 77.6 Å². The van der Waals surface area contributed by atoms with Gasteiger partial charge in [0.2, 0.25) is 6.41 Å². The number of benzene rings is 2. The monoisotopic (exact) mass is 699 g/mol. The summed E-state index contributed by atoms with van der Waals surface area (Å²) in [7, 11) is 1.00. The minimum absolute atomic E-state index is 0.0121. The number of anilines is 2. The second-order valence-electron chi connectivity index (χ2n) is 12.0. The van der Waals surface area contributed by atoms with E-state index in [4.69, 9.17) is 10.2 Å². The second kappa shape index (κ2) is 22.4. The average molecular weight is 700 g/mol. The molecule has 272 valence electrons. The summed E-state index contributed by atoms with van der Waals surface area (Å²) in [5.41, 5.74) is 1.73. The van der Waals surface area contributed by atoms with Gasteiger partial charge in [0.1, 0.15) is 6.29 Å². The summed E-state index contributed by atoms with van der Waals surface area (Å²) >= 11 is 0. The number of carbonyl (C=O) groups excluding carboxylic acids is 3. The van der Waals surface area contributed by atoms with Gasteiger partial charge in [0.05, 0.1) is 35.2 Å². The van der Waals surface area contributed by atoms with E-state index in [9.17, 15) is 24.0 Å². The first kappa shape index (κ1) is 40.1. The van der Waals surface area contributed by atoms with Crippen molar-refractivity contribution in [2.24, 2.45) is 0 Å². The molecular weight excluding hydrogens is 650 g/mol. The van der Waals surface area contributed by atoms with Crippen molar-refractivity contribution < 1.29 is 29.4 Å². The van der Waals surface area contributed by atoms with Gasteiger partial charge in [-0.25, -0.2) is 4.79 Å². The molecule has 2 aromatic heterocycles. The lowest BCUT2D eigenvalue weighted by atomic mass is 10.1. The molecule has 0 saturated carbocycles. The van der Waals surface area contributed by atoms with E-state index < -0.39 is 5.97 Å². The number of aliphatic hydroxyl groups is 1. The van der Waals surface area contributed by atoms with Crippen molar-refractivity contribution in [2.45, 2.75) is 64.3 Å². The number of carbonyl (C=O) groups is 4. The number of amides is 2. The third kappa shape index (κ3) is 12.5. The fourth-order valence-electron chi connectivity index (χ4n) is 5.92. The van der Waals surface area contributed by atoms with Crippen LogP contribution in [0.5, 0.6) is 0 Å². The summed E-state index contributed by atoms with van der Waals surface area (Å²) in [6.07, 6.45) is 16.2. The van der Waals surface area contributed by atoms with Crippen LogP contribution in [0.15, 0.2) is 84.0 Å². The van der Waals surface area contributed by atoms with E-state index in [1.54, 1.807) is 18.2 Å². The topological polar surface area (TPSA) is 162 Å². The minimum atomic E-state index is -1.13. The summed E-state index contributed by atoms with van der Waals surface area (Å²) in [5.74, 6) is -1.52. The Bertz CT molecular complexity index is 1750. The molecule has 0 atom stereocenters. The number of rotatable bonds is 16. The molecule has 3 heterocycles. The predicted octanol–water partition coefficient (Wildman–Crippen LogP) is 5.31. The van der Waals surface area contributed by atoms with Crippen LogP contribution in [0, 0.1) is 0 Å². The minimum Gasteiger partial charge on any atom is -0.478 e. The zero-order valence-corrected chi connectivity index (χ0v) is 29.3. The molecule has 0 unspecified atom stereocenters. The van der Waals surface area contributed by atoms with Gasteiger partial charge in [-0.3, -0.25) is 19.4 Å². The summed E-state index contributed by atoms with van der Waals surface area (Å²) in [4.78, 5) is 65.5. The van der Waals surface area contributed by atoms with Crippen LogP contribution < -0.4 is 20.7 Å². The van der Waals surface area contributed by atoms with Crippen LogP contribution in [0.3, 0.4) is 0 Å². The molecule has 0 spiro atoms. The Balaban J connectivity index is 0.000000321. The molecule has 1 fully saturated rings. The Hall–Kier alpha value is -5.36. The molecule has 0 aliphatic carbocycles. The average Bonchev–Trinajstić information content (AvgIpc) is 3.17. The molecule has 51 heavy (non-hydrogen) atoms. The lowest BCUT2D eigenvalue weighted by Gasteiger charge is -2.29. The Kier molecular flexibility index (Phi) is 17.6. The van der Waals surface area contributed by atoms with Crippen molar-refractivity contribution in [3.8, 4) is 0 Å². The van der Waals surface area contributed by atoms with Crippen LogP contribution in [-0.2, 0) is 16.1 Å². The molecule has 1 saturated heterocycles. The standard InChI is InChI=1S/C24H29N3O6.C14H16N2.CH4O/c28-16-15-26-17-19(11-12-22(26)30)27(18-29)14-8-4-2-1-3-7-13-25-23(31)20-9-5-6-10-21(20)24(32)33;1-4-8-16(9-5-1)14-11-15-10-12-6-2-3-7-13(12)14;1-2/h5-6,9-12,16-18H,1-4,7-8,13-15H2,(H,25,31)(H,32,33);2-3,6-7,10-11H,1,4-5,8-9H2;2H,1H3. The Labute approximate surface area is 298 Å². The van der Waals surface area contributed by atoms with E-state index in [0.717, 1.165) is 52.0 Å². The lowest BCUT2D eigenvalue weighted by Crippen LogP contribution is -2.29. The molecule has 1 aliphatic rings. The number of aldehydes is 1. The molecule has 2 aromatic carbocycles. The van der Waals surface area contributed by atoms with Gasteiger partial charge >= 0.3 is 5.97 Å². The fraction of sp³-hybridized carbons (Fsp3) is 0.385. The summed E-state index contributed by atoms with van der Waals surface area (Å²) in [5, 5.41) is 21.5. The molecular formula is C39H49N5O7. The number of aliphatic hydroxyl groups excluding tert-OH is 1. The number of piperidine rings is 1. The van der Waals surface area contributed by atoms with E-state index in [0.29, 0.717) is 25.1 Å². The van der Waals surface area contributed by atoms with Crippen LogP contribution in [0.4, 0.5) is 11.4 Å². The van der Waals surface area contributed by atoms with Gasteiger partial charge in [-0.05, 0) is 50.3 Å². The number of aromatic carboxylic acids is 1. The number of carboxylic acids is 1. The van der Waals surface area contributed by atoms with Crippen molar-refractivity contribution in [2.75, 3.05) is 43.1 Å². The Morgan fingerprint density at radius 2 is 1.51 bits per heavy atom. The lowest BCUT2D eigenvalue weighted by molar-refractivity contribution is -0.108. The first-order valence-electron chi connectivity index (χ1n) is 17.4. The first-order valence-corrected chi connectivity index (χ1v) is 17.4. The van der Waals surface area contributed by atoms with E-state index in [1.165, 1.54) is 82.7 Å². The number of unbranched alkanes of at least 4 members (excludes halogenated alkanes) is 5. The predicted molar refractivity (Wildman–Crippen MR) is 200 cm³/mol. The zero-order valence-electron chi connectivity index (χ0n) is 29.3. The third-order valence-electron chi connectivity index (χ3n) is 8.56. The number of nitrogens with one attached hydrogen (secondary N) is 1. The van der Waals surface area contributed by atoms with Crippen molar-refractivity contribution in [1.29, 1.82) is 0 Å². The molecule has 0 radical (unpaired) electrons. The Morgan fingerprint density at radius 1 is 0.843 bits per heavy atom. The van der Waals surface area contributed by atoms with Gasteiger partial charge < -0.3 is 34.7 Å². The van der Waals surface area contributed by atoms with E-state index in [-0.39, 0.29) is 29.1 Å². The van der Waals surface area contributed by atoms with Crippen molar-refractivity contribution >= 4 is 46.7 Å². The second-order valence-corrected chi connectivity index (χ2v) is 12.0.